The molecule has 0 amide bonds. The lowest BCUT2D eigenvalue weighted by atomic mass is 10.1. The SMILES string of the molecule is Cc1c(C(=O)c2cc(C#N)c(=N)n(-c3ccccc3)n2)sc2nc(-c3ccccc3)cn12. The molecule has 0 spiro atoms. The van der Waals surface area contributed by atoms with Crippen molar-refractivity contribution in [2.45, 2.75) is 6.92 Å². The minimum Gasteiger partial charge on any atom is -0.294 e. The number of para-hydroxylation sites is 1. The fourth-order valence-corrected chi connectivity index (χ4v) is 4.54. The van der Waals surface area contributed by atoms with E-state index in [9.17, 15) is 10.1 Å². The summed E-state index contributed by atoms with van der Waals surface area (Å²) in [6.07, 6.45) is 1.92. The molecule has 32 heavy (non-hydrogen) atoms. The van der Waals surface area contributed by atoms with Crippen LogP contribution in [0.2, 0.25) is 0 Å². The van der Waals surface area contributed by atoms with Crippen molar-refractivity contribution in [2.24, 2.45) is 0 Å². The van der Waals surface area contributed by atoms with E-state index in [1.54, 1.807) is 12.1 Å². The van der Waals surface area contributed by atoms with Crippen molar-refractivity contribution < 1.29 is 4.79 Å². The molecule has 5 aromatic rings. The Morgan fingerprint density at radius 2 is 1.78 bits per heavy atom. The topological polar surface area (TPSA) is 99.8 Å². The van der Waals surface area contributed by atoms with Gasteiger partial charge in [0.05, 0.1) is 21.8 Å². The average molecular weight is 437 g/mol. The van der Waals surface area contributed by atoms with E-state index in [1.807, 2.05) is 72.1 Å². The lowest BCUT2D eigenvalue weighted by Gasteiger charge is -2.09. The second-order valence-corrected chi connectivity index (χ2v) is 8.12. The number of nitriles is 1. The highest BCUT2D eigenvalue weighted by molar-refractivity contribution is 7.19. The van der Waals surface area contributed by atoms with E-state index in [2.05, 4.69) is 10.1 Å². The largest absolute Gasteiger partial charge is 0.294 e. The minimum absolute atomic E-state index is 0.0690. The number of imidazole rings is 1. The first kappa shape index (κ1) is 19.6. The molecule has 3 aromatic heterocycles. The number of ketones is 1. The summed E-state index contributed by atoms with van der Waals surface area (Å²) < 4.78 is 3.21. The number of carbonyl (C=O) groups is 1. The average Bonchev–Trinajstić information content (AvgIpc) is 3.39. The van der Waals surface area contributed by atoms with Crippen molar-refractivity contribution >= 4 is 22.1 Å². The Labute approximate surface area is 187 Å². The summed E-state index contributed by atoms with van der Waals surface area (Å²) >= 11 is 1.28. The van der Waals surface area contributed by atoms with Gasteiger partial charge in [-0.05, 0) is 25.1 Å². The third-order valence-corrected chi connectivity index (χ3v) is 6.30. The highest BCUT2D eigenvalue weighted by Crippen LogP contribution is 2.28. The lowest BCUT2D eigenvalue weighted by Crippen LogP contribution is -2.26. The fourth-order valence-electron chi connectivity index (χ4n) is 3.48. The van der Waals surface area contributed by atoms with Crippen LogP contribution in [0.4, 0.5) is 0 Å². The molecule has 8 heteroatoms. The molecule has 0 atom stereocenters. The van der Waals surface area contributed by atoms with Crippen molar-refractivity contribution in [1.82, 2.24) is 19.2 Å². The van der Waals surface area contributed by atoms with Gasteiger partial charge in [0.25, 0.3) is 0 Å². The molecule has 0 radical (unpaired) electrons. The molecule has 0 aliphatic rings. The maximum absolute atomic E-state index is 13.4. The summed E-state index contributed by atoms with van der Waals surface area (Å²) in [6.45, 7) is 1.86. The number of fused-ring (bicyclic) bond motifs is 1. The van der Waals surface area contributed by atoms with Crippen molar-refractivity contribution in [3.05, 3.63) is 100 Å². The molecule has 5 rings (SSSR count). The van der Waals surface area contributed by atoms with Crippen LogP contribution in [0.15, 0.2) is 72.9 Å². The Balaban J connectivity index is 1.60. The van der Waals surface area contributed by atoms with Gasteiger partial charge in [-0.2, -0.15) is 10.4 Å². The van der Waals surface area contributed by atoms with Gasteiger partial charge in [-0.25, -0.2) is 9.67 Å². The molecule has 0 aliphatic carbocycles. The predicted molar refractivity (Wildman–Crippen MR) is 121 cm³/mol. The summed E-state index contributed by atoms with van der Waals surface area (Å²) in [5.74, 6) is -0.305. The summed E-state index contributed by atoms with van der Waals surface area (Å²) in [6, 6.07) is 22.3. The van der Waals surface area contributed by atoms with Crippen LogP contribution in [0.25, 0.3) is 21.9 Å². The number of nitrogens with zero attached hydrogens (tertiary/aromatic N) is 5. The highest BCUT2D eigenvalue weighted by atomic mass is 32.1. The van der Waals surface area contributed by atoms with Crippen molar-refractivity contribution in [3.63, 3.8) is 0 Å². The molecule has 2 aromatic carbocycles. The molecule has 0 saturated carbocycles. The molecular weight excluding hydrogens is 420 g/mol. The smallest absolute Gasteiger partial charge is 0.225 e. The Hall–Kier alpha value is -4.35. The summed E-state index contributed by atoms with van der Waals surface area (Å²) in [7, 11) is 0. The number of carbonyl (C=O) groups excluding carboxylic acids is 1. The number of aromatic nitrogens is 4. The second-order valence-electron chi connectivity index (χ2n) is 7.14. The summed E-state index contributed by atoms with van der Waals surface area (Å²) in [5, 5.41) is 22.2. The molecule has 1 N–H and O–H groups in total. The van der Waals surface area contributed by atoms with Crippen LogP contribution in [0, 0.1) is 23.7 Å². The van der Waals surface area contributed by atoms with E-state index >= 15 is 0 Å². The number of hydrogen-bond donors (Lipinski definition) is 1. The van der Waals surface area contributed by atoms with Gasteiger partial charge in [0.2, 0.25) is 5.78 Å². The minimum atomic E-state index is -0.305. The molecule has 0 fully saturated rings. The summed E-state index contributed by atoms with van der Waals surface area (Å²) in [5.41, 5.74) is 3.32. The van der Waals surface area contributed by atoms with Gasteiger partial charge in [-0.15, -0.1) is 0 Å². The van der Waals surface area contributed by atoms with Gasteiger partial charge < -0.3 is 0 Å². The molecule has 154 valence electrons. The zero-order valence-electron chi connectivity index (χ0n) is 17.0. The van der Waals surface area contributed by atoms with Crippen LogP contribution in [-0.2, 0) is 0 Å². The molecule has 0 saturated heterocycles. The number of benzene rings is 2. The third kappa shape index (κ3) is 3.21. The zero-order chi connectivity index (χ0) is 22.2. The van der Waals surface area contributed by atoms with Gasteiger partial charge >= 0.3 is 0 Å². The molecule has 3 heterocycles. The van der Waals surface area contributed by atoms with E-state index in [4.69, 9.17) is 5.41 Å². The molecular formula is C24H16N6OS. The van der Waals surface area contributed by atoms with Crippen LogP contribution in [0.1, 0.15) is 26.6 Å². The zero-order valence-corrected chi connectivity index (χ0v) is 17.8. The number of thiazole rings is 1. The normalized spacial score (nSPS) is 10.9. The van der Waals surface area contributed by atoms with Gasteiger partial charge in [0, 0.05) is 17.5 Å². The van der Waals surface area contributed by atoms with Crippen molar-refractivity contribution in [3.8, 4) is 23.0 Å². The van der Waals surface area contributed by atoms with Crippen LogP contribution >= 0.6 is 11.3 Å². The van der Waals surface area contributed by atoms with Crippen LogP contribution in [0.3, 0.4) is 0 Å². The first-order valence-electron chi connectivity index (χ1n) is 9.80. The van der Waals surface area contributed by atoms with Crippen LogP contribution < -0.4 is 5.49 Å². The number of hydrogen-bond acceptors (Lipinski definition) is 6. The number of rotatable bonds is 4. The molecule has 7 nitrogen and oxygen atoms in total. The first-order chi connectivity index (χ1) is 15.6. The summed E-state index contributed by atoms with van der Waals surface area (Å²) in [4.78, 5) is 19.3. The van der Waals surface area contributed by atoms with Gasteiger partial charge in [-0.1, -0.05) is 59.9 Å². The highest BCUT2D eigenvalue weighted by Gasteiger charge is 2.22. The molecule has 0 unspecified atom stereocenters. The quantitative estimate of drug-likeness (QED) is 0.428. The van der Waals surface area contributed by atoms with Crippen LogP contribution in [-0.4, -0.2) is 24.9 Å². The predicted octanol–water partition coefficient (Wildman–Crippen LogP) is 4.14. The maximum atomic E-state index is 13.4. The Kier molecular flexibility index (Phi) is 4.73. The van der Waals surface area contributed by atoms with E-state index in [0.29, 0.717) is 15.5 Å². The van der Waals surface area contributed by atoms with E-state index in [0.717, 1.165) is 17.0 Å². The van der Waals surface area contributed by atoms with Crippen molar-refractivity contribution in [2.75, 3.05) is 0 Å². The van der Waals surface area contributed by atoms with Gasteiger partial charge in [-0.3, -0.25) is 14.6 Å². The molecule has 0 aliphatic heterocycles. The first-order valence-corrected chi connectivity index (χ1v) is 10.6. The van der Waals surface area contributed by atoms with E-state index < -0.39 is 0 Å². The van der Waals surface area contributed by atoms with Gasteiger partial charge in [0.15, 0.2) is 10.4 Å². The molecule has 0 bridgehead atoms. The Morgan fingerprint density at radius 1 is 1.09 bits per heavy atom. The van der Waals surface area contributed by atoms with E-state index in [-0.39, 0.29) is 22.5 Å². The lowest BCUT2D eigenvalue weighted by molar-refractivity contribution is 0.103. The number of aryl methyl sites for hydroxylation is 1. The Morgan fingerprint density at radius 3 is 2.44 bits per heavy atom. The van der Waals surface area contributed by atoms with Gasteiger partial charge in [0.1, 0.15) is 11.8 Å². The van der Waals surface area contributed by atoms with Crippen molar-refractivity contribution in [1.29, 1.82) is 10.7 Å². The fraction of sp³-hybridized carbons (Fsp3) is 0.0417. The third-order valence-electron chi connectivity index (χ3n) is 5.14. The number of nitrogens with one attached hydrogen (secondary N) is 1. The van der Waals surface area contributed by atoms with E-state index in [1.165, 1.54) is 22.1 Å². The standard InChI is InChI=1S/C24H16N6OS/c1-15-22(32-24-27-20(14-29(15)24)16-8-4-2-5-9-16)21(31)19-12-17(13-25)23(26)30(28-19)18-10-6-3-7-11-18/h2-12,14,26H,1H3. The van der Waals surface area contributed by atoms with Crippen LogP contribution in [0.5, 0.6) is 0 Å². The Bertz CT molecular complexity index is 1570. The monoisotopic (exact) mass is 436 g/mol. The maximum Gasteiger partial charge on any atom is 0.225 e. The second kappa shape index (κ2) is 7.72.